The Bertz CT molecular complexity index is 928. The Hall–Kier alpha value is -2.62. The van der Waals surface area contributed by atoms with Crippen molar-refractivity contribution >= 4 is 21.6 Å². The second kappa shape index (κ2) is 10.2. The van der Waals surface area contributed by atoms with Crippen LogP contribution in [0.15, 0.2) is 47.4 Å². The van der Waals surface area contributed by atoms with Crippen LogP contribution in [0.5, 0.6) is 11.5 Å². The summed E-state index contributed by atoms with van der Waals surface area (Å²) in [4.78, 5) is 12.6. The van der Waals surface area contributed by atoms with Crippen LogP contribution < -0.4 is 19.5 Å². The molecule has 8 nitrogen and oxygen atoms in total. The molecular formula is C20H26N2O6S. The number of ether oxygens (including phenoxy) is 3. The van der Waals surface area contributed by atoms with Gasteiger partial charge in [-0.1, -0.05) is 0 Å². The number of rotatable bonds is 10. The largest absolute Gasteiger partial charge is 0.493 e. The lowest BCUT2D eigenvalue weighted by Crippen LogP contribution is -2.35. The molecule has 0 unspecified atom stereocenters. The molecule has 0 aliphatic rings. The Morgan fingerprint density at radius 2 is 1.76 bits per heavy atom. The van der Waals surface area contributed by atoms with Gasteiger partial charge in [0.25, 0.3) is 5.91 Å². The summed E-state index contributed by atoms with van der Waals surface area (Å²) >= 11 is 0. The van der Waals surface area contributed by atoms with Gasteiger partial charge >= 0.3 is 0 Å². The van der Waals surface area contributed by atoms with Crippen LogP contribution in [-0.4, -0.2) is 47.8 Å². The highest BCUT2D eigenvalue weighted by atomic mass is 32.2. The van der Waals surface area contributed by atoms with Crippen molar-refractivity contribution in [2.45, 2.75) is 24.8 Å². The molecule has 0 spiro atoms. The summed E-state index contributed by atoms with van der Waals surface area (Å²) in [6, 6.07) is 10.4. The summed E-state index contributed by atoms with van der Waals surface area (Å²) in [5, 5.41) is 2.75. The van der Waals surface area contributed by atoms with Crippen LogP contribution >= 0.6 is 0 Å². The predicted molar refractivity (Wildman–Crippen MR) is 110 cm³/mol. The highest BCUT2D eigenvalue weighted by molar-refractivity contribution is 7.89. The zero-order valence-corrected chi connectivity index (χ0v) is 17.7. The van der Waals surface area contributed by atoms with Crippen LogP contribution in [0.1, 0.15) is 24.2 Å². The molecule has 0 aromatic heterocycles. The number of hydrogen-bond donors (Lipinski definition) is 2. The van der Waals surface area contributed by atoms with E-state index < -0.39 is 10.0 Å². The number of hydrogen-bond acceptors (Lipinski definition) is 6. The van der Waals surface area contributed by atoms with Crippen LogP contribution in [0.2, 0.25) is 0 Å². The molecule has 1 atom stereocenters. The van der Waals surface area contributed by atoms with Gasteiger partial charge in [-0.3, -0.25) is 4.79 Å². The van der Waals surface area contributed by atoms with Crippen LogP contribution in [0.25, 0.3) is 0 Å². The number of carbonyl (C=O) groups excluding carboxylic acids is 1. The Kier molecular flexibility index (Phi) is 8.00. The number of carbonyl (C=O) groups is 1. The van der Waals surface area contributed by atoms with Crippen molar-refractivity contribution < 1.29 is 27.4 Å². The topological polar surface area (TPSA) is 103 Å². The highest BCUT2D eigenvalue weighted by Crippen LogP contribution is 2.30. The molecule has 0 fully saturated rings. The van der Waals surface area contributed by atoms with Gasteiger partial charge < -0.3 is 19.5 Å². The molecular weight excluding hydrogens is 396 g/mol. The third-order valence-corrected chi connectivity index (χ3v) is 5.53. The molecule has 9 heteroatoms. The molecule has 0 bridgehead atoms. The molecule has 1 amide bonds. The number of methoxy groups -OCH3 is 2. The highest BCUT2D eigenvalue weighted by Gasteiger charge is 2.18. The summed E-state index contributed by atoms with van der Waals surface area (Å²) in [5.74, 6) is 0.709. The first-order chi connectivity index (χ1) is 13.8. The number of nitrogens with one attached hydrogen (secondary N) is 2. The van der Waals surface area contributed by atoms with Gasteiger partial charge in [0.05, 0.1) is 25.2 Å². The zero-order chi connectivity index (χ0) is 21.4. The van der Waals surface area contributed by atoms with Gasteiger partial charge in [-0.05, 0) is 50.2 Å². The van der Waals surface area contributed by atoms with Gasteiger partial charge in [0.2, 0.25) is 10.0 Å². The first-order valence-corrected chi connectivity index (χ1v) is 10.5. The maximum Gasteiger partial charge on any atom is 0.255 e. The van der Waals surface area contributed by atoms with Gasteiger partial charge in [0.1, 0.15) is 0 Å². The molecule has 0 saturated carbocycles. The van der Waals surface area contributed by atoms with E-state index in [0.29, 0.717) is 29.4 Å². The Morgan fingerprint density at radius 3 is 2.34 bits per heavy atom. The second-order valence-electron chi connectivity index (χ2n) is 6.25. The summed E-state index contributed by atoms with van der Waals surface area (Å²) in [6.45, 7) is 4.32. The number of amides is 1. The zero-order valence-electron chi connectivity index (χ0n) is 16.9. The van der Waals surface area contributed by atoms with E-state index in [1.54, 1.807) is 25.1 Å². The smallest absolute Gasteiger partial charge is 0.255 e. The molecule has 0 aliphatic heterocycles. The summed E-state index contributed by atoms with van der Waals surface area (Å²) < 4.78 is 42.9. The Labute approximate surface area is 171 Å². The normalized spacial score (nSPS) is 12.3. The average molecular weight is 423 g/mol. The lowest BCUT2D eigenvalue weighted by Gasteiger charge is -2.14. The van der Waals surface area contributed by atoms with E-state index in [-0.39, 0.29) is 23.5 Å². The lowest BCUT2D eigenvalue weighted by molar-refractivity contribution is 0.102. The van der Waals surface area contributed by atoms with E-state index >= 15 is 0 Å². The minimum atomic E-state index is -3.69. The van der Waals surface area contributed by atoms with Crippen molar-refractivity contribution in [3.8, 4) is 11.5 Å². The third kappa shape index (κ3) is 6.18. The fraction of sp³-hybridized carbons (Fsp3) is 0.350. The van der Waals surface area contributed by atoms with E-state index in [9.17, 15) is 13.2 Å². The van der Waals surface area contributed by atoms with E-state index in [1.165, 1.54) is 38.5 Å². The van der Waals surface area contributed by atoms with Crippen molar-refractivity contribution in [1.29, 1.82) is 0 Å². The van der Waals surface area contributed by atoms with E-state index in [4.69, 9.17) is 14.2 Å². The summed E-state index contributed by atoms with van der Waals surface area (Å²) in [5.41, 5.74) is 0.851. The first kappa shape index (κ1) is 22.7. The Balaban J connectivity index is 2.11. The predicted octanol–water partition coefficient (Wildman–Crippen LogP) is 2.66. The molecule has 2 N–H and O–H groups in total. The van der Waals surface area contributed by atoms with Crippen molar-refractivity contribution in [3.63, 3.8) is 0 Å². The quantitative estimate of drug-likeness (QED) is 0.610. The lowest BCUT2D eigenvalue weighted by atomic mass is 10.2. The van der Waals surface area contributed by atoms with Crippen LogP contribution in [0.4, 0.5) is 5.69 Å². The minimum Gasteiger partial charge on any atom is -0.493 e. The number of sulfonamides is 1. The monoisotopic (exact) mass is 422 g/mol. The molecule has 0 heterocycles. The number of anilines is 1. The standard InChI is InChI=1S/C20H26N2O6S/c1-5-28-18-11-8-16(12-19(18)27-4)21-20(23)15-6-9-17(10-7-15)29(24,25)22-14(2)13-26-3/h6-12,14,22H,5,13H2,1-4H3,(H,21,23)/t14-/m1/s1. The molecule has 0 radical (unpaired) electrons. The molecule has 0 aliphatic carbocycles. The maximum atomic E-state index is 12.5. The summed E-state index contributed by atoms with van der Waals surface area (Å²) in [6.07, 6.45) is 0. The second-order valence-corrected chi connectivity index (χ2v) is 7.97. The van der Waals surface area contributed by atoms with Gasteiger partial charge in [-0.25, -0.2) is 13.1 Å². The van der Waals surface area contributed by atoms with Gasteiger partial charge in [-0.15, -0.1) is 0 Å². The van der Waals surface area contributed by atoms with Crippen LogP contribution in [0, 0.1) is 0 Å². The van der Waals surface area contributed by atoms with Gasteiger partial charge in [0, 0.05) is 30.5 Å². The fourth-order valence-electron chi connectivity index (χ4n) is 2.63. The molecule has 2 rings (SSSR count). The van der Waals surface area contributed by atoms with E-state index in [0.717, 1.165) is 0 Å². The van der Waals surface area contributed by atoms with Crippen molar-refractivity contribution in [2.24, 2.45) is 0 Å². The van der Waals surface area contributed by atoms with Gasteiger partial charge in [0.15, 0.2) is 11.5 Å². The molecule has 0 saturated heterocycles. The minimum absolute atomic E-state index is 0.0692. The summed E-state index contributed by atoms with van der Waals surface area (Å²) in [7, 11) is -0.678. The van der Waals surface area contributed by atoms with Crippen molar-refractivity contribution in [1.82, 2.24) is 4.72 Å². The van der Waals surface area contributed by atoms with Gasteiger partial charge in [-0.2, -0.15) is 0 Å². The van der Waals surface area contributed by atoms with Crippen LogP contribution in [0.3, 0.4) is 0 Å². The molecule has 2 aromatic carbocycles. The van der Waals surface area contributed by atoms with Crippen molar-refractivity contribution in [3.05, 3.63) is 48.0 Å². The van der Waals surface area contributed by atoms with Crippen LogP contribution in [-0.2, 0) is 14.8 Å². The van der Waals surface area contributed by atoms with Crippen molar-refractivity contribution in [2.75, 3.05) is 32.8 Å². The SMILES string of the molecule is CCOc1ccc(NC(=O)c2ccc(S(=O)(=O)N[C@H](C)COC)cc2)cc1OC. The van der Waals surface area contributed by atoms with E-state index in [1.807, 2.05) is 6.92 Å². The fourth-order valence-corrected chi connectivity index (χ4v) is 3.85. The Morgan fingerprint density at radius 1 is 1.07 bits per heavy atom. The van der Waals surface area contributed by atoms with E-state index in [2.05, 4.69) is 10.0 Å². The maximum absolute atomic E-state index is 12.5. The molecule has 2 aromatic rings. The molecule has 29 heavy (non-hydrogen) atoms. The molecule has 158 valence electrons. The third-order valence-electron chi connectivity index (χ3n) is 3.92. The average Bonchev–Trinajstić information content (AvgIpc) is 2.69. The first-order valence-electron chi connectivity index (χ1n) is 9.04. The number of benzene rings is 2.